The van der Waals surface area contributed by atoms with Crippen molar-refractivity contribution >= 4 is 26.8 Å². The van der Waals surface area contributed by atoms with Crippen LogP contribution in [0.3, 0.4) is 0 Å². The summed E-state index contributed by atoms with van der Waals surface area (Å²) in [5.41, 5.74) is 1.66. The first kappa shape index (κ1) is 19.4. The maximum atomic E-state index is 12.5. The Kier molecular flexibility index (Phi) is 4.95. The van der Waals surface area contributed by atoms with Gasteiger partial charge in [0.15, 0.2) is 0 Å². The molecule has 1 amide bonds. The van der Waals surface area contributed by atoms with Crippen LogP contribution in [-0.2, 0) is 10.0 Å². The average molecular weight is 405 g/mol. The molecule has 28 heavy (non-hydrogen) atoms. The van der Waals surface area contributed by atoms with Gasteiger partial charge in [-0.3, -0.25) is 9.78 Å². The fraction of sp³-hybridized carbons (Fsp3) is 0.600. The zero-order valence-corrected chi connectivity index (χ0v) is 17.3. The lowest BCUT2D eigenvalue weighted by Crippen LogP contribution is -2.42. The smallest absolute Gasteiger partial charge is 0.267 e. The fourth-order valence-corrected chi connectivity index (χ4v) is 6.27. The van der Waals surface area contributed by atoms with Crippen LogP contribution in [-0.4, -0.2) is 54.0 Å². The number of rotatable bonds is 6. The lowest BCUT2D eigenvalue weighted by molar-refractivity contribution is 0.0944. The number of sulfonamides is 1. The van der Waals surface area contributed by atoms with E-state index in [0.29, 0.717) is 31.2 Å². The number of carbonyl (C=O) groups excluding carboxylic acids is 1. The molecular weight excluding hydrogens is 376 g/mol. The molecule has 1 saturated heterocycles. The van der Waals surface area contributed by atoms with Gasteiger partial charge in [0.25, 0.3) is 5.91 Å². The molecule has 8 heteroatoms. The summed E-state index contributed by atoms with van der Waals surface area (Å²) in [6, 6.07) is 3.67. The second kappa shape index (κ2) is 7.15. The molecule has 7 nitrogen and oxygen atoms in total. The molecule has 2 N–H and O–H groups in total. The maximum Gasteiger partial charge on any atom is 0.267 e. The number of amides is 1. The zero-order valence-electron chi connectivity index (χ0n) is 16.4. The third-order valence-corrected chi connectivity index (χ3v) is 8.43. The number of aromatic amines is 1. The minimum absolute atomic E-state index is 0.102. The van der Waals surface area contributed by atoms with E-state index in [2.05, 4.69) is 15.3 Å². The molecule has 1 saturated carbocycles. The monoisotopic (exact) mass is 404 g/mol. The minimum Gasteiger partial charge on any atom is -0.350 e. The number of carbonyl (C=O) groups is 1. The average Bonchev–Trinajstić information content (AvgIpc) is 3.12. The molecule has 2 aliphatic rings. The first-order valence-electron chi connectivity index (χ1n) is 9.98. The summed E-state index contributed by atoms with van der Waals surface area (Å²) < 4.78 is 26.5. The Morgan fingerprint density at radius 3 is 2.82 bits per heavy atom. The number of piperidine rings is 1. The topological polar surface area (TPSA) is 95.2 Å². The molecule has 2 aromatic heterocycles. The van der Waals surface area contributed by atoms with Crippen LogP contribution < -0.4 is 5.32 Å². The highest BCUT2D eigenvalue weighted by atomic mass is 32.2. The lowest BCUT2D eigenvalue weighted by atomic mass is 9.92. The number of H-pyrrole nitrogens is 1. The van der Waals surface area contributed by atoms with Gasteiger partial charge >= 0.3 is 0 Å². The molecule has 2 aromatic rings. The summed E-state index contributed by atoms with van der Waals surface area (Å²) in [6.45, 7) is 5.73. The van der Waals surface area contributed by atoms with Gasteiger partial charge in [0, 0.05) is 42.9 Å². The largest absolute Gasteiger partial charge is 0.350 e. The molecule has 152 valence electrons. The SMILES string of the molecule is CC(C)CS(=O)(=O)N1CCC2(CC1)CC2CNC(=O)c1cc2cnccc2[nH]1. The fourth-order valence-electron chi connectivity index (χ4n) is 4.47. The Morgan fingerprint density at radius 2 is 2.14 bits per heavy atom. The second-order valence-electron chi connectivity index (χ2n) is 8.69. The molecule has 4 rings (SSSR count). The molecule has 0 bridgehead atoms. The first-order valence-corrected chi connectivity index (χ1v) is 11.6. The van der Waals surface area contributed by atoms with Gasteiger partial charge in [-0.25, -0.2) is 12.7 Å². The highest BCUT2D eigenvalue weighted by Crippen LogP contribution is 2.59. The van der Waals surface area contributed by atoms with Crippen molar-refractivity contribution in [3.8, 4) is 0 Å². The number of hydrogen-bond acceptors (Lipinski definition) is 4. The van der Waals surface area contributed by atoms with Crippen LogP contribution in [0, 0.1) is 17.3 Å². The van der Waals surface area contributed by atoms with Crippen molar-refractivity contribution in [1.82, 2.24) is 19.6 Å². The van der Waals surface area contributed by atoms with Gasteiger partial charge < -0.3 is 10.3 Å². The lowest BCUT2D eigenvalue weighted by Gasteiger charge is -2.32. The van der Waals surface area contributed by atoms with Crippen molar-refractivity contribution in [2.45, 2.75) is 33.1 Å². The predicted molar refractivity (Wildman–Crippen MR) is 108 cm³/mol. The molecular formula is C20H28N4O3S. The van der Waals surface area contributed by atoms with Gasteiger partial charge in [-0.1, -0.05) is 13.8 Å². The van der Waals surface area contributed by atoms with Crippen LogP contribution in [0.2, 0.25) is 0 Å². The van der Waals surface area contributed by atoms with Crippen molar-refractivity contribution in [3.63, 3.8) is 0 Å². The first-order chi connectivity index (χ1) is 13.3. The zero-order chi connectivity index (χ0) is 19.9. The quantitative estimate of drug-likeness (QED) is 0.773. The Hall–Kier alpha value is -1.93. The Labute approximate surface area is 166 Å². The van der Waals surface area contributed by atoms with Crippen molar-refractivity contribution in [3.05, 3.63) is 30.2 Å². The van der Waals surface area contributed by atoms with Gasteiger partial charge in [-0.15, -0.1) is 0 Å². The van der Waals surface area contributed by atoms with E-state index in [1.54, 1.807) is 16.7 Å². The van der Waals surface area contributed by atoms with E-state index >= 15 is 0 Å². The molecule has 1 aliphatic carbocycles. The summed E-state index contributed by atoms with van der Waals surface area (Å²) in [4.78, 5) is 19.6. The molecule has 1 spiro atoms. The molecule has 2 fully saturated rings. The van der Waals surface area contributed by atoms with E-state index in [9.17, 15) is 13.2 Å². The number of aromatic nitrogens is 2. The second-order valence-corrected chi connectivity index (χ2v) is 10.7. The van der Waals surface area contributed by atoms with Crippen molar-refractivity contribution in [1.29, 1.82) is 0 Å². The van der Waals surface area contributed by atoms with Crippen molar-refractivity contribution in [2.75, 3.05) is 25.4 Å². The normalized spacial score (nSPS) is 22.0. The van der Waals surface area contributed by atoms with E-state index in [1.807, 2.05) is 26.0 Å². The molecule has 1 aliphatic heterocycles. The molecule has 0 radical (unpaired) electrons. The standard InChI is InChI=1S/C20H28N4O3S/c1-14(2)13-28(26,27)24-7-4-20(5-8-24)10-16(20)12-22-19(25)18-9-15-11-21-6-3-17(15)23-18/h3,6,9,11,14,16,23H,4-5,7-8,10,12-13H2,1-2H3,(H,22,25). The van der Waals surface area contributed by atoms with Crippen molar-refractivity contribution < 1.29 is 13.2 Å². The number of nitrogens with one attached hydrogen (secondary N) is 2. The van der Waals surface area contributed by atoms with E-state index in [1.165, 1.54) is 0 Å². The predicted octanol–water partition coefficient (Wildman–Crippen LogP) is 2.38. The summed E-state index contributed by atoms with van der Waals surface area (Å²) in [7, 11) is -3.14. The van der Waals surface area contributed by atoms with Crippen LogP contribution >= 0.6 is 0 Å². The Morgan fingerprint density at radius 1 is 1.39 bits per heavy atom. The van der Waals surface area contributed by atoms with Gasteiger partial charge in [-0.2, -0.15) is 0 Å². The number of nitrogens with zero attached hydrogens (tertiary/aromatic N) is 2. The van der Waals surface area contributed by atoms with Crippen LogP contribution in [0.5, 0.6) is 0 Å². The van der Waals surface area contributed by atoms with Gasteiger partial charge in [0.05, 0.1) is 5.75 Å². The van der Waals surface area contributed by atoms with Gasteiger partial charge in [0.2, 0.25) is 10.0 Å². The summed E-state index contributed by atoms with van der Waals surface area (Å²) >= 11 is 0. The summed E-state index contributed by atoms with van der Waals surface area (Å²) in [5, 5.41) is 3.96. The van der Waals surface area contributed by atoms with Crippen LogP contribution in [0.4, 0.5) is 0 Å². The molecule has 1 unspecified atom stereocenters. The van der Waals surface area contributed by atoms with Gasteiger partial charge in [0.1, 0.15) is 5.69 Å². The van der Waals surface area contributed by atoms with E-state index < -0.39 is 10.0 Å². The highest BCUT2D eigenvalue weighted by Gasteiger charge is 2.55. The van der Waals surface area contributed by atoms with Crippen LogP contribution in [0.1, 0.15) is 43.6 Å². The van der Waals surface area contributed by atoms with Crippen LogP contribution in [0.25, 0.3) is 10.9 Å². The van der Waals surface area contributed by atoms with Crippen molar-refractivity contribution in [2.24, 2.45) is 17.3 Å². The molecule has 1 atom stereocenters. The Balaban J connectivity index is 1.29. The minimum atomic E-state index is -3.14. The van der Waals surface area contributed by atoms with Gasteiger partial charge in [-0.05, 0) is 48.6 Å². The maximum absolute atomic E-state index is 12.5. The third kappa shape index (κ3) is 3.80. The number of hydrogen-bond donors (Lipinski definition) is 2. The van der Waals surface area contributed by atoms with E-state index in [0.717, 1.165) is 30.2 Å². The summed E-state index contributed by atoms with van der Waals surface area (Å²) in [6.07, 6.45) is 6.29. The number of fused-ring (bicyclic) bond motifs is 1. The number of pyridine rings is 1. The summed E-state index contributed by atoms with van der Waals surface area (Å²) in [5.74, 6) is 0.706. The van der Waals surface area contributed by atoms with E-state index in [-0.39, 0.29) is 23.0 Å². The highest BCUT2D eigenvalue weighted by molar-refractivity contribution is 7.89. The van der Waals surface area contributed by atoms with E-state index in [4.69, 9.17) is 0 Å². The third-order valence-electron chi connectivity index (χ3n) is 6.19. The van der Waals surface area contributed by atoms with Crippen LogP contribution in [0.15, 0.2) is 24.5 Å². The molecule has 3 heterocycles. The Bertz CT molecular complexity index is 941. The molecule has 0 aromatic carbocycles.